The highest BCUT2D eigenvalue weighted by Crippen LogP contribution is 2.24. The molecule has 4 N–H and O–H groups in total. The van der Waals surface area contributed by atoms with Crippen LogP contribution in [0.15, 0.2) is 18.2 Å². The fourth-order valence-corrected chi connectivity index (χ4v) is 3.47. The second-order valence-corrected chi connectivity index (χ2v) is 8.04. The van der Waals surface area contributed by atoms with Gasteiger partial charge >= 0.3 is 6.09 Å². The van der Waals surface area contributed by atoms with Crippen molar-refractivity contribution in [1.29, 1.82) is 0 Å². The van der Waals surface area contributed by atoms with Crippen LogP contribution >= 0.6 is 11.6 Å². The van der Waals surface area contributed by atoms with Crippen LogP contribution in [0, 0.1) is 5.92 Å². The number of ether oxygens (including phenoxy) is 1. The molecule has 1 heterocycles. The number of halogens is 1. The molecule has 1 aliphatic heterocycles. The second kappa shape index (κ2) is 10.8. The van der Waals surface area contributed by atoms with Crippen molar-refractivity contribution in [2.75, 3.05) is 12.4 Å². The van der Waals surface area contributed by atoms with Crippen molar-refractivity contribution < 1.29 is 28.7 Å². The first-order chi connectivity index (χ1) is 15.3. The number of ketones is 1. The number of hydrogen-bond acceptors (Lipinski definition) is 6. The fraction of sp³-hybridized carbons (Fsp3) is 0.421. The third kappa shape index (κ3) is 7.56. The van der Waals surface area contributed by atoms with Gasteiger partial charge in [-0.3, -0.25) is 24.5 Å². The molecule has 168 valence electrons. The molecule has 0 unspecified atom stereocenters. The van der Waals surface area contributed by atoms with E-state index in [-0.39, 0.29) is 34.6 Å². The van der Waals surface area contributed by atoms with E-state index < -0.39 is 40.9 Å². The number of amides is 4. The van der Waals surface area contributed by atoms with Crippen LogP contribution in [-0.2, 0) is 19.1 Å². The van der Waals surface area contributed by atoms with Crippen LogP contribution in [0.4, 0.5) is 10.5 Å². The molecular weight excluding hydrogens is 448 g/mol. The fourth-order valence-electron chi connectivity index (χ4n) is 3.30. The highest BCUT2D eigenvalue weighted by molar-refractivity contribution is 6.58. The molecule has 0 saturated carbocycles. The molecule has 1 aromatic carbocycles. The number of likely N-dealkylation sites (N-methyl/N-ethyl adjacent to an activating group) is 1. The molecule has 2 rings (SSSR count). The lowest BCUT2D eigenvalue weighted by Gasteiger charge is -2.23. The molecule has 0 bridgehead atoms. The van der Waals surface area contributed by atoms with Crippen molar-refractivity contribution in [3.05, 3.63) is 28.8 Å². The highest BCUT2D eigenvalue weighted by Gasteiger charge is 2.36. The van der Waals surface area contributed by atoms with E-state index in [1.807, 2.05) is 0 Å². The third-order valence-corrected chi connectivity index (χ3v) is 4.96. The van der Waals surface area contributed by atoms with Gasteiger partial charge in [-0.25, -0.2) is 4.79 Å². The lowest BCUT2D eigenvalue weighted by molar-refractivity contribution is -0.139. The van der Waals surface area contributed by atoms with Crippen LogP contribution in [0.2, 0.25) is 5.02 Å². The van der Waals surface area contributed by atoms with E-state index in [2.05, 4.69) is 26.0 Å². The maximum Gasteiger partial charge on any atom is 0.409 e. The number of hydrogen-bond donors (Lipinski definition) is 4. The van der Waals surface area contributed by atoms with E-state index in [4.69, 9.17) is 35.1 Å². The van der Waals surface area contributed by atoms with Crippen LogP contribution in [-0.4, -0.2) is 77.6 Å². The molecule has 33 heavy (non-hydrogen) atoms. The molecule has 0 aliphatic carbocycles. The first kappa shape index (κ1) is 26.3. The minimum atomic E-state index is -2.26. The van der Waals surface area contributed by atoms with Crippen LogP contribution in [0.1, 0.15) is 30.1 Å². The number of carbonyl (C=O) groups excluding carboxylic acids is 5. The molecule has 0 aromatic heterocycles. The van der Waals surface area contributed by atoms with Crippen molar-refractivity contribution in [2.24, 2.45) is 5.92 Å². The van der Waals surface area contributed by atoms with Gasteiger partial charge in [-0.05, 0) is 43.3 Å². The van der Waals surface area contributed by atoms with Crippen LogP contribution in [0.3, 0.4) is 0 Å². The minimum Gasteiger partial charge on any atom is -0.473 e. The highest BCUT2D eigenvalue weighted by atomic mass is 35.5. The zero-order valence-electron chi connectivity index (χ0n) is 17.9. The monoisotopic (exact) mass is 468 g/mol. The normalized spacial score (nSPS) is 18.6. The van der Waals surface area contributed by atoms with Crippen LogP contribution in [0.25, 0.3) is 0 Å². The predicted octanol–water partition coefficient (Wildman–Crippen LogP) is -0.666. The standard InChI is InChI=1S/C19H20B3ClN4O6/c1-8-5-9(15(29)25-8)6-13(14(28)17(31)24-2)26-16(30)11-7-10(23)3-4-12(11)27-18(32)33-19(20,21)22/h3-4,7-9,13H,5-6H2,1-2H3,(H,24,31)(H,25,29)(H,26,30)(H,27,32)/t8-,9+,13+/m1/s1. The molecule has 1 fully saturated rings. The molecule has 6 radical (unpaired) electrons. The topological polar surface area (TPSA) is 143 Å². The molecule has 1 saturated heterocycles. The number of carbonyl (C=O) groups is 5. The summed E-state index contributed by atoms with van der Waals surface area (Å²) in [6.45, 7) is 1.80. The summed E-state index contributed by atoms with van der Waals surface area (Å²) in [6, 6.07) is 2.47. The second-order valence-electron chi connectivity index (χ2n) is 7.61. The van der Waals surface area contributed by atoms with Gasteiger partial charge in [0.1, 0.15) is 23.5 Å². The first-order valence-electron chi connectivity index (χ1n) is 9.84. The summed E-state index contributed by atoms with van der Waals surface area (Å²) in [5.41, 5.74) is -0.223. The van der Waals surface area contributed by atoms with Gasteiger partial charge in [0, 0.05) is 24.0 Å². The van der Waals surface area contributed by atoms with Gasteiger partial charge in [0.2, 0.25) is 11.7 Å². The van der Waals surface area contributed by atoms with E-state index >= 15 is 0 Å². The molecule has 1 aromatic rings. The molecule has 10 nitrogen and oxygen atoms in total. The number of benzene rings is 1. The van der Waals surface area contributed by atoms with Gasteiger partial charge in [-0.1, -0.05) is 11.6 Å². The van der Waals surface area contributed by atoms with Gasteiger partial charge in [-0.2, -0.15) is 0 Å². The molecule has 4 amide bonds. The largest absolute Gasteiger partial charge is 0.473 e. The van der Waals surface area contributed by atoms with Gasteiger partial charge in [-0.15, -0.1) is 0 Å². The number of Topliss-reactive ketones (excluding diaryl/α,β-unsaturated/α-hetero) is 1. The average Bonchev–Trinajstić information content (AvgIpc) is 3.02. The molecule has 3 atom stereocenters. The lowest BCUT2D eigenvalue weighted by atomic mass is 9.52. The Balaban J connectivity index is 2.28. The summed E-state index contributed by atoms with van der Waals surface area (Å²) < 4.78 is 4.55. The Hall–Kier alpha value is -2.95. The van der Waals surface area contributed by atoms with E-state index in [1.165, 1.54) is 25.2 Å². The maximum absolute atomic E-state index is 13.0. The van der Waals surface area contributed by atoms with Gasteiger partial charge in [0.15, 0.2) is 0 Å². The summed E-state index contributed by atoms with van der Waals surface area (Å²) in [6.07, 6.45) is -0.829. The Morgan fingerprint density at radius 2 is 1.94 bits per heavy atom. The minimum absolute atomic E-state index is 0.0653. The van der Waals surface area contributed by atoms with Crippen molar-refractivity contribution in [3.8, 4) is 0 Å². The van der Waals surface area contributed by atoms with Crippen molar-refractivity contribution >= 4 is 70.4 Å². The Bertz CT molecular complexity index is 971. The molecule has 1 aliphatic rings. The average molecular weight is 468 g/mol. The zero-order valence-corrected chi connectivity index (χ0v) is 18.7. The summed E-state index contributed by atoms with van der Waals surface area (Å²) in [5, 5.41) is 7.50. The Morgan fingerprint density at radius 3 is 2.48 bits per heavy atom. The summed E-state index contributed by atoms with van der Waals surface area (Å²) in [4.78, 5) is 61.6. The smallest absolute Gasteiger partial charge is 0.409 e. The summed E-state index contributed by atoms with van der Waals surface area (Å²) in [7, 11) is 16.9. The predicted molar refractivity (Wildman–Crippen MR) is 122 cm³/mol. The van der Waals surface area contributed by atoms with Crippen LogP contribution < -0.4 is 21.3 Å². The quantitative estimate of drug-likeness (QED) is 0.295. The van der Waals surface area contributed by atoms with Gasteiger partial charge in [0.25, 0.3) is 11.8 Å². The van der Waals surface area contributed by atoms with E-state index in [0.29, 0.717) is 6.42 Å². The molecular formula is C19H20B3ClN4O6. The van der Waals surface area contributed by atoms with Crippen molar-refractivity contribution in [3.63, 3.8) is 0 Å². The van der Waals surface area contributed by atoms with Crippen LogP contribution in [0.5, 0.6) is 0 Å². The van der Waals surface area contributed by atoms with E-state index in [9.17, 15) is 24.0 Å². The van der Waals surface area contributed by atoms with Crippen molar-refractivity contribution in [1.82, 2.24) is 16.0 Å². The molecule has 0 spiro atoms. The Labute approximate surface area is 199 Å². The van der Waals surface area contributed by atoms with E-state index in [0.717, 1.165) is 0 Å². The van der Waals surface area contributed by atoms with Gasteiger partial charge in [0.05, 0.1) is 17.3 Å². The number of rotatable bonds is 8. The molecule has 14 heteroatoms. The third-order valence-electron chi connectivity index (χ3n) is 4.72. The maximum atomic E-state index is 13.0. The van der Waals surface area contributed by atoms with Gasteiger partial charge < -0.3 is 20.7 Å². The first-order valence-corrected chi connectivity index (χ1v) is 10.2. The Morgan fingerprint density at radius 1 is 1.27 bits per heavy atom. The lowest BCUT2D eigenvalue weighted by Crippen LogP contribution is -2.48. The number of nitrogens with one attached hydrogen (secondary N) is 4. The summed E-state index contributed by atoms with van der Waals surface area (Å²) in [5.74, 6) is -3.59. The SMILES string of the molecule is [B]C([B])([B])OC(=O)Nc1ccc(Cl)cc1C(=O)N[C@@H](C[C@@H]1C[C@@H](C)NC1=O)C(=O)C(=O)NC. The number of anilines is 1. The zero-order chi connectivity index (χ0) is 24.9. The summed E-state index contributed by atoms with van der Waals surface area (Å²) >= 11 is 5.98. The Kier molecular flexibility index (Phi) is 8.60. The van der Waals surface area contributed by atoms with Crippen molar-refractivity contribution in [2.45, 2.75) is 37.1 Å². The van der Waals surface area contributed by atoms with E-state index in [1.54, 1.807) is 6.92 Å².